The maximum atomic E-state index is 9.04. The monoisotopic (exact) mass is 481 g/mol. The van der Waals surface area contributed by atoms with Crippen LogP contribution >= 0.6 is 0 Å². The molecule has 37 heavy (non-hydrogen) atoms. The fourth-order valence-electron chi connectivity index (χ4n) is 3.74. The van der Waals surface area contributed by atoms with Gasteiger partial charge in [-0.1, -0.05) is 36.4 Å². The van der Waals surface area contributed by atoms with Gasteiger partial charge in [-0.25, -0.2) is 0 Å². The van der Waals surface area contributed by atoms with Crippen LogP contribution in [0, 0.1) is 45.3 Å². The van der Waals surface area contributed by atoms with E-state index in [1.165, 1.54) is 17.7 Å². The first-order valence-electron chi connectivity index (χ1n) is 11.3. The first-order valence-corrected chi connectivity index (χ1v) is 11.3. The lowest BCUT2D eigenvalue weighted by molar-refractivity contribution is 0.552. The van der Waals surface area contributed by atoms with E-state index in [2.05, 4.69) is 16.7 Å². The molecule has 0 aliphatic heterocycles. The van der Waals surface area contributed by atoms with Crippen molar-refractivity contribution in [1.29, 1.82) is 21.0 Å². The zero-order chi connectivity index (χ0) is 26.0. The number of rotatable bonds is 8. The topological polar surface area (TPSA) is 126 Å². The third-order valence-corrected chi connectivity index (χ3v) is 5.50. The number of nitriles is 4. The predicted octanol–water partition coefficient (Wildman–Crippen LogP) is 6.67. The van der Waals surface area contributed by atoms with E-state index in [0.29, 0.717) is 29.6 Å². The number of benzene rings is 1. The van der Waals surface area contributed by atoms with Gasteiger partial charge in [0, 0.05) is 12.6 Å². The van der Waals surface area contributed by atoms with Gasteiger partial charge in [0.05, 0.1) is 11.4 Å². The highest BCUT2D eigenvalue weighted by Gasteiger charge is 2.17. The highest BCUT2D eigenvalue weighted by atomic mass is 16.3. The molecule has 0 radical (unpaired) electrons. The highest BCUT2D eigenvalue weighted by Crippen LogP contribution is 2.32. The van der Waals surface area contributed by atoms with Crippen LogP contribution < -0.4 is 0 Å². The van der Waals surface area contributed by atoms with Crippen molar-refractivity contribution in [2.24, 2.45) is 0 Å². The number of nitrogens with zero attached hydrogens (tertiary/aromatic N) is 5. The van der Waals surface area contributed by atoms with Gasteiger partial charge in [0.25, 0.3) is 0 Å². The maximum Gasteiger partial charge on any atom is 0.151 e. The first kappa shape index (κ1) is 24.4. The Balaban J connectivity index is 1.69. The Bertz CT molecular complexity index is 1630. The van der Waals surface area contributed by atoms with Gasteiger partial charge in [-0.2, -0.15) is 21.0 Å². The molecule has 0 aliphatic carbocycles. The number of hydrogen-bond acceptors (Lipinski definition) is 6. The lowest BCUT2D eigenvalue weighted by Crippen LogP contribution is -2.04. The van der Waals surface area contributed by atoms with Crippen LogP contribution in [0.15, 0.2) is 98.9 Å². The van der Waals surface area contributed by atoms with Crippen LogP contribution in [0.25, 0.3) is 35.1 Å². The van der Waals surface area contributed by atoms with Gasteiger partial charge in [0.1, 0.15) is 46.9 Å². The van der Waals surface area contributed by atoms with E-state index in [0.717, 1.165) is 17.8 Å². The molecule has 0 aliphatic rings. The van der Waals surface area contributed by atoms with Gasteiger partial charge >= 0.3 is 0 Å². The second-order valence-corrected chi connectivity index (χ2v) is 7.84. The summed E-state index contributed by atoms with van der Waals surface area (Å²) in [6, 6.07) is 28.5. The fraction of sp³-hybridized carbons (Fsp3) is 0.0667. The minimum absolute atomic E-state index is 0.00628. The van der Waals surface area contributed by atoms with E-state index in [1.54, 1.807) is 24.3 Å². The molecule has 3 aromatic heterocycles. The molecular weight excluding hydrogens is 462 g/mol. The van der Waals surface area contributed by atoms with Crippen LogP contribution in [0.3, 0.4) is 0 Å². The van der Waals surface area contributed by atoms with Crippen molar-refractivity contribution in [3.63, 3.8) is 0 Å². The molecule has 1 aromatic carbocycles. The summed E-state index contributed by atoms with van der Waals surface area (Å²) in [4.78, 5) is 0. The van der Waals surface area contributed by atoms with Crippen molar-refractivity contribution in [1.82, 2.24) is 4.57 Å². The van der Waals surface area contributed by atoms with E-state index in [1.807, 2.05) is 66.7 Å². The summed E-state index contributed by atoms with van der Waals surface area (Å²) in [5, 5.41) is 35.8. The molecule has 0 amide bonds. The first-order chi connectivity index (χ1) is 18.1. The largest absolute Gasteiger partial charge is 0.455 e. The van der Waals surface area contributed by atoms with E-state index in [-0.39, 0.29) is 11.1 Å². The Hall–Kier alpha value is -5.76. The summed E-state index contributed by atoms with van der Waals surface area (Å²) >= 11 is 0. The van der Waals surface area contributed by atoms with Gasteiger partial charge in [0.15, 0.2) is 11.5 Å². The van der Waals surface area contributed by atoms with Crippen LogP contribution in [0.4, 0.5) is 0 Å². The number of hydrogen-bond donors (Lipinski definition) is 0. The lowest BCUT2D eigenvalue weighted by atomic mass is 10.1. The maximum absolute atomic E-state index is 9.04. The number of allylic oxidation sites excluding steroid dienone is 4. The normalized spacial score (nSPS) is 10.2. The molecule has 0 bridgehead atoms. The van der Waals surface area contributed by atoms with Crippen molar-refractivity contribution in [2.75, 3.05) is 0 Å². The minimum atomic E-state index is -0.0382. The Morgan fingerprint density at radius 2 is 1.30 bits per heavy atom. The van der Waals surface area contributed by atoms with Crippen LogP contribution in [0.2, 0.25) is 0 Å². The van der Waals surface area contributed by atoms with Crippen LogP contribution in [-0.4, -0.2) is 4.57 Å². The van der Waals surface area contributed by atoms with Crippen LogP contribution in [0.1, 0.15) is 17.1 Å². The van der Waals surface area contributed by atoms with E-state index >= 15 is 0 Å². The van der Waals surface area contributed by atoms with Crippen LogP contribution in [0.5, 0.6) is 0 Å². The average Bonchev–Trinajstić information content (AvgIpc) is 3.68. The van der Waals surface area contributed by atoms with Crippen molar-refractivity contribution in [3.8, 4) is 47.2 Å². The summed E-state index contributed by atoms with van der Waals surface area (Å²) in [6.45, 7) is 0.650. The number of aryl methyl sites for hydroxylation is 1. The summed E-state index contributed by atoms with van der Waals surface area (Å²) in [5.41, 5.74) is 2.82. The molecule has 0 atom stereocenters. The average molecular weight is 482 g/mol. The number of aromatic nitrogens is 1. The zero-order valence-corrected chi connectivity index (χ0v) is 19.6. The van der Waals surface area contributed by atoms with Crippen LogP contribution in [-0.2, 0) is 13.0 Å². The SMILES string of the molecule is N#CC(C#N)=C/C=C/c1ccc(-c2ccc(-c3ccc(C=C(C#N)C#N)o3)n2CCc2ccccc2)o1. The summed E-state index contributed by atoms with van der Waals surface area (Å²) in [6.07, 6.45) is 6.89. The molecule has 3 heterocycles. The minimum Gasteiger partial charge on any atom is -0.455 e. The second-order valence-electron chi connectivity index (χ2n) is 7.84. The Labute approximate surface area is 213 Å². The van der Waals surface area contributed by atoms with Gasteiger partial charge in [0.2, 0.25) is 0 Å². The molecular formula is C30H19N5O2. The molecule has 4 aromatic rings. The Morgan fingerprint density at radius 3 is 1.92 bits per heavy atom. The molecule has 0 fully saturated rings. The summed E-state index contributed by atoms with van der Waals surface area (Å²) in [7, 11) is 0. The zero-order valence-electron chi connectivity index (χ0n) is 19.6. The van der Waals surface area contributed by atoms with Gasteiger partial charge < -0.3 is 13.4 Å². The molecule has 7 nitrogen and oxygen atoms in total. The van der Waals surface area contributed by atoms with Gasteiger partial charge in [-0.05, 0) is 60.5 Å². The highest BCUT2D eigenvalue weighted by molar-refractivity contribution is 5.67. The van der Waals surface area contributed by atoms with Crippen molar-refractivity contribution >= 4 is 12.2 Å². The molecule has 0 saturated carbocycles. The van der Waals surface area contributed by atoms with Crippen molar-refractivity contribution < 1.29 is 8.83 Å². The van der Waals surface area contributed by atoms with Crippen molar-refractivity contribution in [3.05, 3.63) is 107 Å². The molecule has 0 N–H and O–H groups in total. The van der Waals surface area contributed by atoms with Gasteiger partial charge in [-0.15, -0.1) is 0 Å². The summed E-state index contributed by atoms with van der Waals surface area (Å²) in [5.74, 6) is 2.23. The molecule has 7 heteroatoms. The third-order valence-electron chi connectivity index (χ3n) is 5.50. The summed E-state index contributed by atoms with van der Waals surface area (Å²) < 4.78 is 14.1. The Morgan fingerprint density at radius 1 is 0.703 bits per heavy atom. The third kappa shape index (κ3) is 5.84. The van der Waals surface area contributed by atoms with E-state index < -0.39 is 0 Å². The van der Waals surface area contributed by atoms with E-state index in [4.69, 9.17) is 29.9 Å². The molecule has 0 spiro atoms. The molecule has 4 rings (SSSR count). The molecule has 176 valence electrons. The standard InChI is InChI=1S/C30H19N5O2/c31-18-23(19-32)7-4-8-25-9-13-29(36-25)27-11-12-28(35(27)16-15-22-5-2-1-3-6-22)30-14-10-26(37-30)17-24(20-33)21-34/h1-14,17H,15-16H2/b8-4+. The predicted molar refractivity (Wildman–Crippen MR) is 138 cm³/mol. The fourth-order valence-corrected chi connectivity index (χ4v) is 3.74. The van der Waals surface area contributed by atoms with Gasteiger partial charge in [-0.3, -0.25) is 0 Å². The molecule has 0 unspecified atom stereocenters. The number of furan rings is 2. The second kappa shape index (κ2) is 11.6. The smallest absolute Gasteiger partial charge is 0.151 e. The Kier molecular flexibility index (Phi) is 7.63. The molecule has 0 saturated heterocycles. The van der Waals surface area contributed by atoms with Crippen molar-refractivity contribution in [2.45, 2.75) is 13.0 Å². The van der Waals surface area contributed by atoms with E-state index in [9.17, 15) is 0 Å². The lowest BCUT2D eigenvalue weighted by Gasteiger charge is -2.12. The quantitative estimate of drug-likeness (QED) is 0.204.